The summed E-state index contributed by atoms with van der Waals surface area (Å²) in [5, 5.41) is 48.3. The normalized spacial score (nSPS) is 31.2. The maximum Gasteiger partial charge on any atom is 0.114 e. The summed E-state index contributed by atoms with van der Waals surface area (Å²) in [6, 6.07) is 8.04. The molecule has 0 fully saturated rings. The monoisotopic (exact) mass is 293 g/mol. The summed E-state index contributed by atoms with van der Waals surface area (Å²) in [6.45, 7) is -0.432. The lowest BCUT2D eigenvalue weighted by molar-refractivity contribution is -0.0593. The summed E-state index contributed by atoms with van der Waals surface area (Å²) in [5.41, 5.74) is 0.850. The van der Waals surface area contributed by atoms with Gasteiger partial charge in [0, 0.05) is 6.21 Å². The van der Waals surface area contributed by atoms with Crippen molar-refractivity contribution in [2.75, 3.05) is 6.61 Å². The first-order chi connectivity index (χ1) is 10.0. The molecule has 0 spiro atoms. The van der Waals surface area contributed by atoms with Crippen LogP contribution in [0, 0.1) is 0 Å². The van der Waals surface area contributed by atoms with Crippen molar-refractivity contribution in [3.05, 3.63) is 47.5 Å². The molecule has 1 aliphatic carbocycles. The zero-order valence-electron chi connectivity index (χ0n) is 11.3. The fourth-order valence-electron chi connectivity index (χ4n) is 2.22. The molecule has 6 nitrogen and oxygen atoms in total. The van der Waals surface area contributed by atoms with Crippen LogP contribution < -0.4 is 0 Å². The minimum Gasteiger partial charge on any atom is -0.392 e. The third-order valence-corrected chi connectivity index (χ3v) is 3.51. The van der Waals surface area contributed by atoms with Crippen molar-refractivity contribution in [1.82, 2.24) is 0 Å². The molecule has 5 unspecified atom stereocenters. The maximum atomic E-state index is 9.97. The van der Waals surface area contributed by atoms with Gasteiger partial charge in [-0.1, -0.05) is 36.4 Å². The predicted octanol–water partition coefficient (Wildman–Crippen LogP) is -0.826. The molecule has 0 radical (unpaired) electrons. The fourth-order valence-corrected chi connectivity index (χ4v) is 2.22. The van der Waals surface area contributed by atoms with Gasteiger partial charge in [-0.2, -0.15) is 0 Å². The molecule has 1 aliphatic rings. The Labute approximate surface area is 122 Å². The van der Waals surface area contributed by atoms with Crippen molar-refractivity contribution in [3.63, 3.8) is 0 Å². The standard InChI is InChI=1S/C15H19NO5/c17-8-10-6-11(14(20)15(21)13(10)19)16-7-12(18)9-4-2-1-3-5-9/h1-7,11-15,17-21H,8H2. The molecule has 5 N–H and O–H groups in total. The van der Waals surface area contributed by atoms with Crippen LogP contribution in [0.1, 0.15) is 11.7 Å². The number of aliphatic hydroxyl groups excluding tert-OH is 5. The maximum absolute atomic E-state index is 9.97. The van der Waals surface area contributed by atoms with Gasteiger partial charge in [0.15, 0.2) is 0 Å². The average Bonchev–Trinajstić information content (AvgIpc) is 2.52. The smallest absolute Gasteiger partial charge is 0.114 e. The molecule has 2 rings (SSSR count). The van der Waals surface area contributed by atoms with E-state index in [2.05, 4.69) is 4.99 Å². The van der Waals surface area contributed by atoms with Gasteiger partial charge in [-0.05, 0) is 11.1 Å². The molecule has 114 valence electrons. The van der Waals surface area contributed by atoms with Crippen LogP contribution in [0.2, 0.25) is 0 Å². The molecular formula is C15H19NO5. The van der Waals surface area contributed by atoms with Crippen LogP contribution in [-0.2, 0) is 0 Å². The molecule has 0 aliphatic heterocycles. The van der Waals surface area contributed by atoms with Gasteiger partial charge in [0.05, 0.1) is 12.6 Å². The van der Waals surface area contributed by atoms with Gasteiger partial charge < -0.3 is 25.5 Å². The van der Waals surface area contributed by atoms with Gasteiger partial charge >= 0.3 is 0 Å². The Morgan fingerprint density at radius 1 is 1.10 bits per heavy atom. The van der Waals surface area contributed by atoms with Crippen LogP contribution in [0.5, 0.6) is 0 Å². The van der Waals surface area contributed by atoms with Crippen LogP contribution in [0.4, 0.5) is 0 Å². The molecular weight excluding hydrogens is 274 g/mol. The van der Waals surface area contributed by atoms with E-state index in [1.54, 1.807) is 24.3 Å². The number of aliphatic imine (C=N–C) groups is 1. The lowest BCUT2D eigenvalue weighted by atomic mass is 9.88. The lowest BCUT2D eigenvalue weighted by Crippen LogP contribution is -2.48. The topological polar surface area (TPSA) is 114 Å². The molecule has 0 aromatic heterocycles. The number of benzene rings is 1. The van der Waals surface area contributed by atoms with Gasteiger partial charge in [0.25, 0.3) is 0 Å². The zero-order chi connectivity index (χ0) is 15.4. The summed E-state index contributed by atoms with van der Waals surface area (Å²) >= 11 is 0. The van der Waals surface area contributed by atoms with Crippen molar-refractivity contribution in [2.24, 2.45) is 4.99 Å². The van der Waals surface area contributed by atoms with Crippen molar-refractivity contribution in [3.8, 4) is 0 Å². The molecule has 0 amide bonds. The van der Waals surface area contributed by atoms with Crippen molar-refractivity contribution in [2.45, 2.75) is 30.5 Å². The third-order valence-electron chi connectivity index (χ3n) is 3.51. The minimum atomic E-state index is -1.42. The van der Waals surface area contributed by atoms with Gasteiger partial charge in [-0.25, -0.2) is 0 Å². The van der Waals surface area contributed by atoms with E-state index in [1.165, 1.54) is 12.3 Å². The zero-order valence-corrected chi connectivity index (χ0v) is 11.3. The number of rotatable bonds is 4. The Balaban J connectivity index is 2.14. The second-order valence-corrected chi connectivity index (χ2v) is 4.97. The second kappa shape index (κ2) is 6.93. The van der Waals surface area contributed by atoms with Gasteiger partial charge in [0.1, 0.15) is 24.4 Å². The van der Waals surface area contributed by atoms with Crippen molar-refractivity contribution < 1.29 is 25.5 Å². The van der Waals surface area contributed by atoms with E-state index in [9.17, 15) is 20.4 Å². The average molecular weight is 293 g/mol. The van der Waals surface area contributed by atoms with E-state index < -0.39 is 37.1 Å². The van der Waals surface area contributed by atoms with Crippen LogP contribution in [-0.4, -0.2) is 62.7 Å². The molecule has 6 heteroatoms. The summed E-state index contributed by atoms with van der Waals surface area (Å²) < 4.78 is 0. The first-order valence-electron chi connectivity index (χ1n) is 6.66. The highest BCUT2D eigenvalue weighted by atomic mass is 16.4. The second-order valence-electron chi connectivity index (χ2n) is 4.97. The molecule has 21 heavy (non-hydrogen) atoms. The van der Waals surface area contributed by atoms with E-state index in [0.717, 1.165) is 0 Å². The van der Waals surface area contributed by atoms with Crippen LogP contribution in [0.25, 0.3) is 0 Å². The van der Waals surface area contributed by atoms with E-state index in [-0.39, 0.29) is 5.57 Å². The highest BCUT2D eigenvalue weighted by Gasteiger charge is 2.36. The van der Waals surface area contributed by atoms with Crippen molar-refractivity contribution in [1.29, 1.82) is 0 Å². The molecule has 1 aromatic carbocycles. The van der Waals surface area contributed by atoms with E-state index >= 15 is 0 Å². The van der Waals surface area contributed by atoms with Crippen LogP contribution in [0.15, 0.2) is 47.0 Å². The Kier molecular flexibility index (Phi) is 5.22. The Hall–Kier alpha value is -1.57. The molecule has 5 atom stereocenters. The first kappa shape index (κ1) is 15.8. The molecule has 0 bridgehead atoms. The van der Waals surface area contributed by atoms with Crippen molar-refractivity contribution >= 4 is 6.21 Å². The van der Waals surface area contributed by atoms with E-state index in [1.807, 2.05) is 6.07 Å². The predicted molar refractivity (Wildman–Crippen MR) is 76.9 cm³/mol. The molecule has 0 saturated heterocycles. The quantitative estimate of drug-likeness (QED) is 0.367. The van der Waals surface area contributed by atoms with E-state index in [4.69, 9.17) is 5.11 Å². The Morgan fingerprint density at radius 3 is 2.38 bits per heavy atom. The van der Waals surface area contributed by atoms with Gasteiger partial charge in [-0.15, -0.1) is 0 Å². The molecule has 0 heterocycles. The fraction of sp³-hybridized carbons (Fsp3) is 0.400. The van der Waals surface area contributed by atoms with Crippen LogP contribution >= 0.6 is 0 Å². The summed E-state index contributed by atoms with van der Waals surface area (Å²) in [6.07, 6.45) is -2.30. The number of hydrogen-bond donors (Lipinski definition) is 5. The van der Waals surface area contributed by atoms with Crippen LogP contribution in [0.3, 0.4) is 0 Å². The van der Waals surface area contributed by atoms with Gasteiger partial charge in [-0.3, -0.25) is 4.99 Å². The Bertz CT molecular complexity index is 516. The number of aliphatic hydroxyl groups is 5. The minimum absolute atomic E-state index is 0.198. The largest absolute Gasteiger partial charge is 0.392 e. The Morgan fingerprint density at radius 2 is 1.76 bits per heavy atom. The third kappa shape index (κ3) is 3.55. The first-order valence-corrected chi connectivity index (χ1v) is 6.66. The van der Waals surface area contributed by atoms with Gasteiger partial charge in [0.2, 0.25) is 0 Å². The number of nitrogens with zero attached hydrogens (tertiary/aromatic N) is 1. The SMILES string of the molecule is OCC1=CC(N=CC(O)c2ccccc2)C(O)C(O)C1O. The molecule has 0 saturated carbocycles. The summed E-state index contributed by atoms with van der Waals surface area (Å²) in [7, 11) is 0. The summed E-state index contributed by atoms with van der Waals surface area (Å²) in [4.78, 5) is 4.04. The highest BCUT2D eigenvalue weighted by molar-refractivity contribution is 5.66. The highest BCUT2D eigenvalue weighted by Crippen LogP contribution is 2.22. The van der Waals surface area contributed by atoms with E-state index in [0.29, 0.717) is 5.56 Å². The summed E-state index contributed by atoms with van der Waals surface area (Å²) in [5.74, 6) is 0. The molecule has 1 aromatic rings. The lowest BCUT2D eigenvalue weighted by Gasteiger charge is -2.32. The number of hydrogen-bond acceptors (Lipinski definition) is 6.